The summed E-state index contributed by atoms with van der Waals surface area (Å²) in [5.41, 5.74) is 2.93. The van der Waals surface area contributed by atoms with Crippen molar-refractivity contribution in [2.75, 3.05) is 18.6 Å². The van der Waals surface area contributed by atoms with E-state index in [0.717, 1.165) is 28.4 Å². The number of methoxy groups -OCH3 is 1. The molecule has 0 aromatic carbocycles. The monoisotopic (exact) mass is 599 g/mol. The number of aliphatic carboxylic acids is 2. The number of carboxylic acids is 2. The van der Waals surface area contributed by atoms with Crippen LogP contribution >= 0.6 is 47.0 Å². The van der Waals surface area contributed by atoms with Gasteiger partial charge in [-0.3, -0.25) is 19.3 Å². The number of nitrogens with zero attached hydrogens (tertiary/aromatic N) is 5. The molecule has 3 aliphatic heterocycles. The van der Waals surface area contributed by atoms with Gasteiger partial charge in [0.25, 0.3) is 17.5 Å². The van der Waals surface area contributed by atoms with Crippen LogP contribution in [0.25, 0.3) is 0 Å². The summed E-state index contributed by atoms with van der Waals surface area (Å²) < 4.78 is 6.05. The van der Waals surface area contributed by atoms with Gasteiger partial charge in [-0.25, -0.2) is 14.3 Å². The molecule has 20 heteroatoms. The Hall–Kier alpha value is -1.74. The Kier molecular flexibility index (Phi) is 9.31. The van der Waals surface area contributed by atoms with Gasteiger partial charge in [-0.2, -0.15) is 0 Å². The number of aromatic nitrogens is 4. The van der Waals surface area contributed by atoms with Crippen molar-refractivity contribution in [3.63, 3.8) is 0 Å². The third-order valence-electron chi connectivity index (χ3n) is 5.21. The van der Waals surface area contributed by atoms with Crippen LogP contribution in [0.4, 0.5) is 0 Å². The number of carbonyl (C=O) groups is 5. The number of amides is 3. The molecule has 0 bridgehead atoms. The van der Waals surface area contributed by atoms with Crippen molar-refractivity contribution in [3.05, 3.63) is 21.1 Å². The molecule has 3 amide bonds. The summed E-state index contributed by atoms with van der Waals surface area (Å²) in [6.07, 6.45) is 0. The van der Waals surface area contributed by atoms with Crippen molar-refractivity contribution in [1.29, 1.82) is 0 Å². The van der Waals surface area contributed by atoms with Gasteiger partial charge in [0.1, 0.15) is 21.2 Å². The van der Waals surface area contributed by atoms with Gasteiger partial charge in [-0.05, 0) is 16.0 Å². The van der Waals surface area contributed by atoms with Crippen molar-refractivity contribution in [2.45, 2.75) is 20.8 Å². The molecule has 37 heavy (non-hydrogen) atoms. The maximum absolute atomic E-state index is 13.2. The number of primary amides is 1. The number of tetrazole rings is 1. The minimum atomic E-state index is -1.81. The number of thioether (sulfide) groups is 4. The number of fused-ring (bicyclic) bond motifs is 1. The first kappa shape index (κ1) is 29.8. The van der Waals surface area contributed by atoms with Crippen molar-refractivity contribution in [1.82, 2.24) is 30.4 Å². The van der Waals surface area contributed by atoms with Gasteiger partial charge in [0.05, 0.1) is 4.24 Å². The summed E-state index contributed by atoms with van der Waals surface area (Å²) in [5, 5.41) is 32.2. The van der Waals surface area contributed by atoms with E-state index in [1.165, 1.54) is 35.3 Å². The number of hydrogen-bond acceptors (Lipinski definition) is 13. The second kappa shape index (κ2) is 11.6. The average molecular weight is 600 g/mol. The molecule has 3 aliphatic rings. The third kappa shape index (κ3) is 5.27. The van der Waals surface area contributed by atoms with Gasteiger partial charge in [0.15, 0.2) is 0 Å². The molecule has 5 N–H and O–H groups in total. The third-order valence-corrected chi connectivity index (χ3v) is 10.5. The Bertz CT molecular complexity index is 1230. The summed E-state index contributed by atoms with van der Waals surface area (Å²) >= 11 is 4.06. The van der Waals surface area contributed by atoms with Crippen molar-refractivity contribution >= 4 is 106 Å². The van der Waals surface area contributed by atoms with E-state index >= 15 is 0 Å². The number of β-lactam (4-membered cyclic amide) rings is 1. The van der Waals surface area contributed by atoms with Crippen molar-refractivity contribution in [3.8, 4) is 0 Å². The normalized spacial score (nSPS) is 24.3. The zero-order valence-electron chi connectivity index (χ0n) is 18.4. The maximum atomic E-state index is 13.2. The van der Waals surface area contributed by atoms with E-state index < -0.39 is 50.9 Å². The molecule has 0 saturated carbocycles. The molecular weight excluding hydrogens is 581 g/mol. The molecule has 4 rings (SSSR count). The van der Waals surface area contributed by atoms with Gasteiger partial charge in [0.2, 0.25) is 11.1 Å². The summed E-state index contributed by atoms with van der Waals surface area (Å²) in [6.45, 7) is 0. The van der Waals surface area contributed by atoms with Crippen LogP contribution in [0.2, 0.25) is 0 Å². The van der Waals surface area contributed by atoms with Gasteiger partial charge in [-0.1, -0.05) is 35.3 Å². The van der Waals surface area contributed by atoms with Gasteiger partial charge in [0, 0.05) is 25.7 Å². The zero-order chi connectivity index (χ0) is 26.4. The van der Waals surface area contributed by atoms with Crippen LogP contribution in [0.3, 0.4) is 0 Å². The Morgan fingerprint density at radius 1 is 1.30 bits per heavy atom. The van der Waals surface area contributed by atoms with E-state index in [1.54, 1.807) is 7.05 Å². The molecule has 2 atom stereocenters. The number of nitrogens with one attached hydrogen (secondary N) is 1. The molecule has 0 unspecified atom stereocenters. The number of ether oxygens (including phenoxy) is 1. The van der Waals surface area contributed by atoms with Crippen LogP contribution in [-0.4, -0.2) is 129 Å². The molecule has 2 saturated heterocycles. The SMILES string of the molecule is CO[C@@]1(NC(=O)C2SC(=C(C(N)=O)C(=O)O)S2)C(=O)N2C(C(=O)O)=C(CSc3nnnn3C)CS[C@@H]21.[NaH]. The van der Waals surface area contributed by atoms with Crippen LogP contribution in [0.15, 0.2) is 26.2 Å². The first-order chi connectivity index (χ1) is 17.0. The van der Waals surface area contributed by atoms with E-state index in [-0.39, 0.29) is 51.0 Å². The molecule has 1 aromatic heterocycles. The zero-order valence-corrected chi connectivity index (χ0v) is 21.6. The fourth-order valence-corrected chi connectivity index (χ4v) is 8.16. The topological polar surface area (TPSA) is 220 Å². The molecule has 0 aliphatic carbocycles. The predicted molar refractivity (Wildman–Crippen MR) is 135 cm³/mol. The second-order valence-electron chi connectivity index (χ2n) is 7.30. The van der Waals surface area contributed by atoms with Crippen molar-refractivity contribution in [2.24, 2.45) is 12.8 Å². The Morgan fingerprint density at radius 3 is 2.49 bits per heavy atom. The van der Waals surface area contributed by atoms with E-state index in [2.05, 4.69) is 20.8 Å². The molecule has 1 aromatic rings. The van der Waals surface area contributed by atoms with Crippen LogP contribution < -0.4 is 11.1 Å². The Labute approximate surface area is 247 Å². The van der Waals surface area contributed by atoms with E-state index in [1.807, 2.05) is 0 Å². The fourth-order valence-electron chi connectivity index (χ4n) is 3.51. The second-order valence-corrected chi connectivity index (χ2v) is 12.1. The Balaban J connectivity index is 0.00000380. The average Bonchev–Trinajstić information content (AvgIpc) is 3.20. The van der Waals surface area contributed by atoms with Gasteiger partial charge in [-0.15, -0.1) is 16.9 Å². The summed E-state index contributed by atoms with van der Waals surface area (Å²) in [7, 11) is 2.86. The summed E-state index contributed by atoms with van der Waals surface area (Å²) in [5.74, 6) is -4.89. The number of hydrogen-bond donors (Lipinski definition) is 4. The first-order valence-corrected chi connectivity index (χ1v) is 13.5. The van der Waals surface area contributed by atoms with Crippen LogP contribution in [0.5, 0.6) is 0 Å². The predicted octanol–water partition coefficient (Wildman–Crippen LogP) is -2.05. The standard InChI is InChI=1S/C17H17N7O8S4.Na.H/c1-23-16(20-21-22-23)34-4-5-3-33-15-17(32-2,14(31)24(15)7(5)11(29)30)19-9(26)13-35-12(36-13)6(8(18)25)10(27)28;;/h13,15H,3-4H2,1-2H3,(H2,18,25)(H,19,26)(H,27,28)(H,29,30);;/t13?,15-,17+;;/m1../s1. The van der Waals surface area contributed by atoms with E-state index in [4.69, 9.17) is 15.6 Å². The van der Waals surface area contributed by atoms with Crippen LogP contribution in [-0.2, 0) is 35.8 Å². The van der Waals surface area contributed by atoms with Crippen LogP contribution in [0.1, 0.15) is 0 Å². The molecule has 0 spiro atoms. The quantitative estimate of drug-likeness (QED) is 0.0457. The number of carbonyl (C=O) groups excluding carboxylic acids is 3. The molecular formula is C17H18N7NaO8S4. The van der Waals surface area contributed by atoms with E-state index in [0.29, 0.717) is 10.7 Å². The molecule has 4 heterocycles. The number of carboxylic acid groups (broad SMARTS) is 2. The molecule has 15 nitrogen and oxygen atoms in total. The molecule has 0 radical (unpaired) electrons. The fraction of sp³-hybridized carbons (Fsp3) is 0.412. The first-order valence-electron chi connectivity index (χ1n) is 9.75. The minimum absolute atomic E-state index is 0. The number of rotatable bonds is 9. The molecule has 194 valence electrons. The summed E-state index contributed by atoms with van der Waals surface area (Å²) in [6, 6.07) is 0. The number of nitrogens with two attached hydrogens (primary N) is 1. The van der Waals surface area contributed by atoms with Crippen molar-refractivity contribution < 1.29 is 38.9 Å². The van der Waals surface area contributed by atoms with E-state index in [9.17, 15) is 29.1 Å². The number of aryl methyl sites for hydroxylation is 1. The van der Waals surface area contributed by atoms with Gasteiger partial charge >= 0.3 is 41.5 Å². The molecule has 2 fully saturated rings. The Morgan fingerprint density at radius 2 is 1.97 bits per heavy atom. The summed E-state index contributed by atoms with van der Waals surface area (Å²) in [4.78, 5) is 61.7. The van der Waals surface area contributed by atoms with Gasteiger partial charge < -0.3 is 26.0 Å². The van der Waals surface area contributed by atoms with Crippen LogP contribution in [0, 0.1) is 0 Å².